The molecule has 0 fully saturated rings. The molecule has 0 unspecified atom stereocenters. The van der Waals surface area contributed by atoms with Gasteiger partial charge in [-0.1, -0.05) is 6.07 Å². The van der Waals surface area contributed by atoms with Gasteiger partial charge in [-0.2, -0.15) is 0 Å². The Morgan fingerprint density at radius 1 is 1.35 bits per heavy atom. The maximum atomic E-state index is 13.3. The van der Waals surface area contributed by atoms with Gasteiger partial charge in [0, 0.05) is 17.0 Å². The van der Waals surface area contributed by atoms with Crippen LogP contribution in [0.1, 0.15) is 4.88 Å². The molecule has 90 valence electrons. The molecular formula is C12H12FNO2S. The molecule has 0 saturated heterocycles. The number of anilines is 1. The predicted molar refractivity (Wildman–Crippen MR) is 66.0 cm³/mol. The highest BCUT2D eigenvalue weighted by atomic mass is 32.1. The summed E-state index contributed by atoms with van der Waals surface area (Å²) in [7, 11) is 1.40. The Hall–Kier alpha value is -1.75. The summed E-state index contributed by atoms with van der Waals surface area (Å²) in [6.07, 6.45) is 0. The van der Waals surface area contributed by atoms with Crippen molar-refractivity contribution in [1.82, 2.24) is 0 Å². The minimum Gasteiger partial charge on any atom is -0.494 e. The maximum absolute atomic E-state index is 13.3. The van der Waals surface area contributed by atoms with Crippen LogP contribution in [0.4, 0.5) is 10.1 Å². The van der Waals surface area contributed by atoms with Crippen LogP contribution in [0, 0.1) is 5.82 Å². The van der Waals surface area contributed by atoms with E-state index in [-0.39, 0.29) is 11.4 Å². The summed E-state index contributed by atoms with van der Waals surface area (Å²) in [4.78, 5) is 1.08. The van der Waals surface area contributed by atoms with Crippen LogP contribution in [0.15, 0.2) is 29.6 Å². The van der Waals surface area contributed by atoms with E-state index in [4.69, 9.17) is 15.2 Å². The van der Waals surface area contributed by atoms with E-state index < -0.39 is 5.82 Å². The molecule has 2 aromatic rings. The molecule has 0 aliphatic rings. The summed E-state index contributed by atoms with van der Waals surface area (Å²) in [6.45, 7) is 0.413. The van der Waals surface area contributed by atoms with Crippen molar-refractivity contribution >= 4 is 17.0 Å². The predicted octanol–water partition coefficient (Wildman–Crippen LogP) is 3.06. The molecule has 3 nitrogen and oxygen atoms in total. The second kappa shape index (κ2) is 5.05. The number of halogens is 1. The van der Waals surface area contributed by atoms with Crippen molar-refractivity contribution < 1.29 is 13.9 Å². The van der Waals surface area contributed by atoms with E-state index in [1.165, 1.54) is 19.2 Å². The molecular weight excluding hydrogens is 241 g/mol. The van der Waals surface area contributed by atoms with Crippen molar-refractivity contribution in [1.29, 1.82) is 0 Å². The van der Waals surface area contributed by atoms with Gasteiger partial charge >= 0.3 is 0 Å². The molecule has 0 radical (unpaired) electrons. The van der Waals surface area contributed by atoms with Gasteiger partial charge in [0.15, 0.2) is 11.6 Å². The normalized spacial score (nSPS) is 10.2. The van der Waals surface area contributed by atoms with Crippen molar-refractivity contribution in [2.45, 2.75) is 6.61 Å². The molecule has 0 aliphatic heterocycles. The Bertz CT molecular complexity index is 499. The van der Waals surface area contributed by atoms with Crippen LogP contribution in [0.2, 0.25) is 0 Å². The van der Waals surface area contributed by atoms with Crippen LogP contribution in [-0.4, -0.2) is 7.11 Å². The number of nitrogens with two attached hydrogens (primary N) is 1. The lowest BCUT2D eigenvalue weighted by molar-refractivity contribution is 0.307. The highest BCUT2D eigenvalue weighted by molar-refractivity contribution is 7.09. The van der Waals surface area contributed by atoms with Gasteiger partial charge in [-0.05, 0) is 11.4 Å². The molecule has 17 heavy (non-hydrogen) atoms. The topological polar surface area (TPSA) is 44.5 Å². The number of benzene rings is 1. The lowest BCUT2D eigenvalue weighted by Gasteiger charge is -2.10. The van der Waals surface area contributed by atoms with Gasteiger partial charge < -0.3 is 15.2 Å². The standard InChI is InChI=1S/C12H12FNO2S/c1-15-11-6-12(10(14)5-9(11)13)16-7-8-3-2-4-17-8/h2-6H,7,14H2,1H3. The molecule has 0 aliphatic carbocycles. The number of hydrogen-bond acceptors (Lipinski definition) is 4. The van der Waals surface area contributed by atoms with Gasteiger partial charge in [0.1, 0.15) is 12.4 Å². The van der Waals surface area contributed by atoms with Crippen molar-refractivity contribution in [2.75, 3.05) is 12.8 Å². The van der Waals surface area contributed by atoms with E-state index in [0.717, 1.165) is 4.88 Å². The van der Waals surface area contributed by atoms with Crippen LogP contribution >= 0.6 is 11.3 Å². The van der Waals surface area contributed by atoms with Crippen molar-refractivity contribution in [3.05, 3.63) is 40.3 Å². The average Bonchev–Trinajstić information content (AvgIpc) is 2.81. The first-order valence-electron chi connectivity index (χ1n) is 4.99. The number of hydrogen-bond donors (Lipinski definition) is 1. The zero-order valence-electron chi connectivity index (χ0n) is 9.27. The number of nitrogen functional groups attached to an aromatic ring is 1. The number of methoxy groups -OCH3 is 1. The molecule has 5 heteroatoms. The largest absolute Gasteiger partial charge is 0.494 e. The molecule has 0 bridgehead atoms. The fourth-order valence-electron chi connectivity index (χ4n) is 1.38. The first-order chi connectivity index (χ1) is 8.20. The molecule has 0 amide bonds. The van der Waals surface area contributed by atoms with Crippen LogP contribution in [0.25, 0.3) is 0 Å². The summed E-state index contributed by atoms with van der Waals surface area (Å²) in [5.74, 6) is 0.0607. The number of ether oxygens (including phenoxy) is 2. The van der Waals surface area contributed by atoms with Gasteiger partial charge in [-0.3, -0.25) is 0 Å². The summed E-state index contributed by atoms with van der Waals surface area (Å²) >= 11 is 1.59. The van der Waals surface area contributed by atoms with Crippen LogP contribution in [-0.2, 0) is 6.61 Å². The van der Waals surface area contributed by atoms with Gasteiger partial charge in [-0.25, -0.2) is 4.39 Å². The minimum atomic E-state index is -0.492. The molecule has 0 saturated carbocycles. The monoisotopic (exact) mass is 253 g/mol. The smallest absolute Gasteiger partial charge is 0.167 e. The summed E-state index contributed by atoms with van der Waals surface area (Å²) < 4.78 is 23.7. The Labute approximate surface area is 103 Å². The highest BCUT2D eigenvalue weighted by Crippen LogP contribution is 2.30. The second-order valence-electron chi connectivity index (χ2n) is 3.39. The van der Waals surface area contributed by atoms with E-state index in [1.807, 2.05) is 17.5 Å². The third-order valence-corrected chi connectivity index (χ3v) is 3.08. The Kier molecular flexibility index (Phi) is 3.49. The number of rotatable bonds is 4. The van der Waals surface area contributed by atoms with Crippen LogP contribution in [0.5, 0.6) is 11.5 Å². The van der Waals surface area contributed by atoms with Gasteiger partial charge in [0.25, 0.3) is 0 Å². The summed E-state index contributed by atoms with van der Waals surface area (Å²) in [6, 6.07) is 6.56. The SMILES string of the molecule is COc1cc(OCc2cccs2)c(N)cc1F. The first-order valence-corrected chi connectivity index (χ1v) is 5.87. The maximum Gasteiger partial charge on any atom is 0.167 e. The fraction of sp³-hybridized carbons (Fsp3) is 0.167. The van der Waals surface area contributed by atoms with E-state index in [9.17, 15) is 4.39 Å². The van der Waals surface area contributed by atoms with Gasteiger partial charge in [0.2, 0.25) is 0 Å². The van der Waals surface area contributed by atoms with Gasteiger partial charge in [0.05, 0.1) is 12.8 Å². The molecule has 1 aromatic heterocycles. The van der Waals surface area contributed by atoms with Crippen LogP contribution in [0.3, 0.4) is 0 Å². The fourth-order valence-corrected chi connectivity index (χ4v) is 1.99. The molecule has 1 aromatic carbocycles. The van der Waals surface area contributed by atoms with Gasteiger partial charge in [-0.15, -0.1) is 11.3 Å². The van der Waals surface area contributed by atoms with E-state index in [2.05, 4.69) is 0 Å². The zero-order chi connectivity index (χ0) is 12.3. The first kappa shape index (κ1) is 11.7. The quantitative estimate of drug-likeness (QED) is 0.852. The van der Waals surface area contributed by atoms with Crippen LogP contribution < -0.4 is 15.2 Å². The van der Waals surface area contributed by atoms with E-state index in [1.54, 1.807) is 11.3 Å². The van der Waals surface area contributed by atoms with Crippen molar-refractivity contribution in [3.63, 3.8) is 0 Å². The zero-order valence-corrected chi connectivity index (χ0v) is 10.1. The molecule has 0 atom stereocenters. The summed E-state index contributed by atoms with van der Waals surface area (Å²) in [5.41, 5.74) is 5.93. The molecule has 2 rings (SSSR count). The lowest BCUT2D eigenvalue weighted by atomic mass is 10.2. The number of thiophene rings is 1. The average molecular weight is 253 g/mol. The third kappa shape index (κ3) is 2.68. The summed E-state index contributed by atoms with van der Waals surface area (Å²) in [5, 5.41) is 1.97. The lowest BCUT2D eigenvalue weighted by Crippen LogP contribution is -1.99. The van der Waals surface area contributed by atoms with E-state index >= 15 is 0 Å². The highest BCUT2D eigenvalue weighted by Gasteiger charge is 2.09. The Morgan fingerprint density at radius 2 is 2.18 bits per heavy atom. The molecule has 0 spiro atoms. The molecule has 2 N–H and O–H groups in total. The Morgan fingerprint density at radius 3 is 2.82 bits per heavy atom. The third-order valence-electron chi connectivity index (χ3n) is 2.23. The van der Waals surface area contributed by atoms with E-state index in [0.29, 0.717) is 12.4 Å². The Balaban J connectivity index is 2.15. The minimum absolute atomic E-state index is 0.125. The van der Waals surface area contributed by atoms with Crippen molar-refractivity contribution in [2.24, 2.45) is 0 Å². The second-order valence-corrected chi connectivity index (χ2v) is 4.42. The van der Waals surface area contributed by atoms with Crippen molar-refractivity contribution in [3.8, 4) is 11.5 Å². The molecule has 1 heterocycles.